The van der Waals surface area contributed by atoms with E-state index in [-0.39, 0.29) is 0 Å². The van der Waals surface area contributed by atoms with Crippen molar-refractivity contribution in [2.75, 3.05) is 6.54 Å². The molecule has 0 bridgehead atoms. The molecule has 0 radical (unpaired) electrons. The van der Waals surface area contributed by atoms with Crippen LogP contribution >= 0.6 is 0 Å². The molecule has 0 heterocycles. The summed E-state index contributed by atoms with van der Waals surface area (Å²) < 4.78 is 0. The fraction of sp³-hybridized carbons (Fsp3) is 1.00. The van der Waals surface area contributed by atoms with Gasteiger partial charge in [0.1, 0.15) is 0 Å². The van der Waals surface area contributed by atoms with Gasteiger partial charge in [0.25, 0.3) is 0 Å². The van der Waals surface area contributed by atoms with Crippen LogP contribution in [0.1, 0.15) is 59.8 Å². The first-order valence-electron chi connectivity index (χ1n) is 6.31. The number of nitrogens with two attached hydrogens (primary N) is 1. The van der Waals surface area contributed by atoms with Gasteiger partial charge in [0, 0.05) is 0 Å². The molecule has 0 saturated heterocycles. The average molecular weight is 199 g/mol. The van der Waals surface area contributed by atoms with Crippen molar-refractivity contribution >= 4 is 0 Å². The maximum Gasteiger partial charge on any atom is -0.00773 e. The Morgan fingerprint density at radius 2 is 1.64 bits per heavy atom. The summed E-state index contributed by atoms with van der Waals surface area (Å²) in [5.74, 6) is 2.64. The van der Waals surface area contributed by atoms with E-state index in [1.165, 1.54) is 32.1 Å². The predicted octanol–water partition coefficient (Wildman–Crippen LogP) is 3.82. The number of rotatable bonds is 8. The van der Waals surface area contributed by atoms with Gasteiger partial charge < -0.3 is 5.73 Å². The summed E-state index contributed by atoms with van der Waals surface area (Å²) in [5.41, 5.74) is 5.49. The summed E-state index contributed by atoms with van der Waals surface area (Å²) in [5, 5.41) is 0. The van der Waals surface area contributed by atoms with Crippen molar-refractivity contribution in [1.29, 1.82) is 0 Å². The van der Waals surface area contributed by atoms with Gasteiger partial charge in [0.15, 0.2) is 0 Å². The molecule has 0 amide bonds. The van der Waals surface area contributed by atoms with Gasteiger partial charge in [0.2, 0.25) is 0 Å². The lowest BCUT2D eigenvalue weighted by Gasteiger charge is -2.22. The third-order valence-corrected chi connectivity index (χ3v) is 3.56. The molecule has 0 fully saturated rings. The summed E-state index contributed by atoms with van der Waals surface area (Å²) in [7, 11) is 0. The molecule has 0 spiro atoms. The van der Waals surface area contributed by atoms with Crippen LogP contribution in [0.25, 0.3) is 0 Å². The van der Waals surface area contributed by atoms with Crippen LogP contribution in [0.4, 0.5) is 0 Å². The van der Waals surface area contributed by atoms with Crippen molar-refractivity contribution in [1.82, 2.24) is 0 Å². The van der Waals surface area contributed by atoms with E-state index in [2.05, 4.69) is 27.7 Å². The second-order valence-electron chi connectivity index (χ2n) is 4.99. The van der Waals surface area contributed by atoms with E-state index in [0.29, 0.717) is 0 Å². The molecule has 0 aliphatic heterocycles. The van der Waals surface area contributed by atoms with Gasteiger partial charge in [-0.1, -0.05) is 47.0 Å². The molecule has 0 aromatic heterocycles. The molecule has 2 N–H and O–H groups in total. The average Bonchev–Trinajstić information content (AvgIpc) is 2.17. The molecular weight excluding hydrogens is 170 g/mol. The van der Waals surface area contributed by atoms with Crippen molar-refractivity contribution in [3.05, 3.63) is 0 Å². The van der Waals surface area contributed by atoms with Crippen LogP contribution in [0.2, 0.25) is 0 Å². The van der Waals surface area contributed by atoms with E-state index in [4.69, 9.17) is 5.73 Å². The highest BCUT2D eigenvalue weighted by Gasteiger charge is 2.14. The SMILES string of the molecule is CCC(C)CC(C)C(C)CCCCN. The zero-order chi connectivity index (χ0) is 11.0. The van der Waals surface area contributed by atoms with Gasteiger partial charge >= 0.3 is 0 Å². The molecule has 1 heteroatoms. The van der Waals surface area contributed by atoms with Gasteiger partial charge in [-0.05, 0) is 37.1 Å². The first-order valence-corrected chi connectivity index (χ1v) is 6.31. The van der Waals surface area contributed by atoms with Crippen molar-refractivity contribution in [2.24, 2.45) is 23.5 Å². The second-order valence-corrected chi connectivity index (χ2v) is 4.99. The summed E-state index contributed by atoms with van der Waals surface area (Å²) in [4.78, 5) is 0. The number of unbranched alkanes of at least 4 members (excludes halogenated alkanes) is 1. The molecule has 14 heavy (non-hydrogen) atoms. The summed E-state index contributed by atoms with van der Waals surface area (Å²) in [6.07, 6.45) is 6.57. The quantitative estimate of drug-likeness (QED) is 0.591. The zero-order valence-corrected chi connectivity index (χ0v) is 10.6. The Kier molecular flexibility index (Phi) is 8.26. The fourth-order valence-corrected chi connectivity index (χ4v) is 1.93. The van der Waals surface area contributed by atoms with E-state index in [1.54, 1.807) is 0 Å². The Morgan fingerprint density at radius 1 is 1.00 bits per heavy atom. The van der Waals surface area contributed by atoms with Crippen molar-refractivity contribution < 1.29 is 0 Å². The first-order chi connectivity index (χ1) is 6.61. The third-order valence-electron chi connectivity index (χ3n) is 3.56. The van der Waals surface area contributed by atoms with Crippen molar-refractivity contribution in [3.8, 4) is 0 Å². The summed E-state index contributed by atoms with van der Waals surface area (Å²) in [6.45, 7) is 10.3. The third kappa shape index (κ3) is 6.42. The van der Waals surface area contributed by atoms with Crippen LogP contribution in [0, 0.1) is 17.8 Å². The molecule has 0 aliphatic rings. The largest absolute Gasteiger partial charge is 0.330 e. The Balaban J connectivity index is 3.58. The predicted molar refractivity (Wildman–Crippen MR) is 65.3 cm³/mol. The van der Waals surface area contributed by atoms with Crippen LogP contribution in [0.15, 0.2) is 0 Å². The summed E-state index contributed by atoms with van der Waals surface area (Å²) in [6, 6.07) is 0. The van der Waals surface area contributed by atoms with E-state index in [0.717, 1.165) is 24.3 Å². The molecule has 0 aromatic rings. The number of hydrogen-bond acceptors (Lipinski definition) is 1. The monoisotopic (exact) mass is 199 g/mol. The van der Waals surface area contributed by atoms with E-state index in [1.807, 2.05) is 0 Å². The van der Waals surface area contributed by atoms with Gasteiger partial charge in [0.05, 0.1) is 0 Å². The zero-order valence-electron chi connectivity index (χ0n) is 10.6. The van der Waals surface area contributed by atoms with Crippen LogP contribution in [0.3, 0.4) is 0 Å². The lowest BCUT2D eigenvalue weighted by atomic mass is 9.84. The smallest absolute Gasteiger partial charge is 0.00773 e. The molecule has 3 unspecified atom stereocenters. The highest BCUT2D eigenvalue weighted by atomic mass is 14.5. The Hall–Kier alpha value is -0.0400. The van der Waals surface area contributed by atoms with Crippen molar-refractivity contribution in [2.45, 2.75) is 59.8 Å². The molecular formula is C13H29N. The maximum absolute atomic E-state index is 5.49. The van der Waals surface area contributed by atoms with Gasteiger partial charge in [-0.25, -0.2) is 0 Å². The minimum atomic E-state index is 0.854. The maximum atomic E-state index is 5.49. The number of hydrogen-bond donors (Lipinski definition) is 1. The van der Waals surface area contributed by atoms with Crippen LogP contribution in [-0.4, -0.2) is 6.54 Å². The normalized spacial score (nSPS) is 17.8. The Morgan fingerprint density at radius 3 is 2.14 bits per heavy atom. The fourth-order valence-electron chi connectivity index (χ4n) is 1.93. The molecule has 3 atom stereocenters. The lowest BCUT2D eigenvalue weighted by molar-refractivity contribution is 0.290. The van der Waals surface area contributed by atoms with E-state index >= 15 is 0 Å². The van der Waals surface area contributed by atoms with Gasteiger partial charge in [-0.15, -0.1) is 0 Å². The minimum absolute atomic E-state index is 0.854. The van der Waals surface area contributed by atoms with Crippen molar-refractivity contribution in [3.63, 3.8) is 0 Å². The molecule has 0 aliphatic carbocycles. The summed E-state index contributed by atoms with van der Waals surface area (Å²) >= 11 is 0. The van der Waals surface area contributed by atoms with E-state index < -0.39 is 0 Å². The standard InChI is InChI=1S/C13H29N/c1-5-11(2)10-13(4)12(3)8-6-7-9-14/h11-13H,5-10,14H2,1-4H3. The molecule has 0 saturated carbocycles. The van der Waals surface area contributed by atoms with Gasteiger partial charge in [-0.2, -0.15) is 0 Å². The molecule has 0 aromatic carbocycles. The first kappa shape index (κ1) is 14.0. The highest BCUT2D eigenvalue weighted by Crippen LogP contribution is 2.25. The topological polar surface area (TPSA) is 26.0 Å². The molecule has 86 valence electrons. The van der Waals surface area contributed by atoms with E-state index in [9.17, 15) is 0 Å². The van der Waals surface area contributed by atoms with Crippen LogP contribution < -0.4 is 5.73 Å². The molecule has 0 rings (SSSR count). The lowest BCUT2D eigenvalue weighted by Crippen LogP contribution is -2.12. The van der Waals surface area contributed by atoms with Crippen LogP contribution in [0.5, 0.6) is 0 Å². The highest BCUT2D eigenvalue weighted by molar-refractivity contribution is 4.65. The van der Waals surface area contributed by atoms with Crippen LogP contribution in [-0.2, 0) is 0 Å². The Bertz CT molecular complexity index is 122. The Labute approximate surface area is 90.5 Å². The minimum Gasteiger partial charge on any atom is -0.330 e. The van der Waals surface area contributed by atoms with Gasteiger partial charge in [-0.3, -0.25) is 0 Å². The second kappa shape index (κ2) is 8.28. The molecule has 1 nitrogen and oxygen atoms in total.